The van der Waals surface area contributed by atoms with Crippen LogP contribution in [0.3, 0.4) is 0 Å². The quantitative estimate of drug-likeness (QED) is 0.570. The van der Waals surface area contributed by atoms with Crippen LogP contribution in [0.5, 0.6) is 0 Å². The maximum Gasteiger partial charge on any atom is -0.0267 e. The van der Waals surface area contributed by atoms with Gasteiger partial charge in [0.15, 0.2) is 0 Å². The minimum absolute atomic E-state index is 0.695. The summed E-state index contributed by atoms with van der Waals surface area (Å²) in [7, 11) is 0. The summed E-state index contributed by atoms with van der Waals surface area (Å²) in [5.74, 6) is 1.86. The van der Waals surface area contributed by atoms with Crippen molar-refractivity contribution >= 4 is 0 Å². The lowest BCUT2D eigenvalue weighted by Crippen LogP contribution is -2.44. The molecule has 0 N–H and O–H groups in total. The van der Waals surface area contributed by atoms with Crippen molar-refractivity contribution in [1.29, 1.82) is 0 Å². The first-order chi connectivity index (χ1) is 6.46. The van der Waals surface area contributed by atoms with Crippen LogP contribution >= 0.6 is 0 Å². The van der Waals surface area contributed by atoms with E-state index in [9.17, 15) is 0 Å². The van der Waals surface area contributed by atoms with Crippen molar-refractivity contribution in [2.24, 2.45) is 22.7 Å². The molecule has 0 aromatic rings. The van der Waals surface area contributed by atoms with Gasteiger partial charge in [0.05, 0.1) is 0 Å². The van der Waals surface area contributed by atoms with E-state index >= 15 is 0 Å². The van der Waals surface area contributed by atoms with Crippen LogP contribution in [0.25, 0.3) is 0 Å². The van der Waals surface area contributed by atoms with Crippen LogP contribution in [0.2, 0.25) is 0 Å². The van der Waals surface area contributed by atoms with Gasteiger partial charge < -0.3 is 0 Å². The molecule has 82 valence electrons. The number of hydrogen-bond acceptors (Lipinski definition) is 0. The summed E-state index contributed by atoms with van der Waals surface area (Å²) in [5, 5.41) is 0. The fourth-order valence-electron chi connectivity index (χ4n) is 4.58. The molecule has 2 aliphatic rings. The van der Waals surface area contributed by atoms with E-state index in [1.54, 1.807) is 0 Å². The molecule has 2 rings (SSSR count). The molecule has 0 nitrogen and oxygen atoms in total. The first-order valence-electron chi connectivity index (χ1n) is 6.46. The van der Waals surface area contributed by atoms with E-state index in [1.165, 1.54) is 38.5 Å². The van der Waals surface area contributed by atoms with Gasteiger partial charge in [-0.3, -0.25) is 0 Å². The highest BCUT2D eigenvalue weighted by Crippen LogP contribution is 2.59. The van der Waals surface area contributed by atoms with Gasteiger partial charge in [0.1, 0.15) is 0 Å². The molecule has 0 aliphatic heterocycles. The molecule has 0 radical (unpaired) electrons. The highest BCUT2D eigenvalue weighted by atomic mass is 14.5. The Bertz CT molecular complexity index is 218. The van der Waals surface area contributed by atoms with E-state index in [1.807, 2.05) is 0 Å². The van der Waals surface area contributed by atoms with E-state index in [4.69, 9.17) is 0 Å². The van der Waals surface area contributed by atoms with Crippen molar-refractivity contribution in [3.05, 3.63) is 0 Å². The second kappa shape index (κ2) is 3.25. The summed E-state index contributed by atoms with van der Waals surface area (Å²) >= 11 is 0. The molecule has 2 aliphatic carbocycles. The summed E-state index contributed by atoms with van der Waals surface area (Å²) in [6, 6.07) is 0. The summed E-state index contributed by atoms with van der Waals surface area (Å²) in [6.07, 6.45) is 8.99. The Morgan fingerprint density at radius 1 is 1.14 bits per heavy atom. The third-order valence-electron chi connectivity index (χ3n) is 5.05. The lowest BCUT2D eigenvalue weighted by molar-refractivity contribution is -0.0445. The van der Waals surface area contributed by atoms with E-state index < -0.39 is 0 Å². The topological polar surface area (TPSA) is 0 Å². The Morgan fingerprint density at radius 3 is 2.50 bits per heavy atom. The molecule has 2 bridgehead atoms. The summed E-state index contributed by atoms with van der Waals surface area (Å²) in [5.41, 5.74) is 1.41. The Labute approximate surface area is 89.5 Å². The first kappa shape index (κ1) is 10.5. The second-order valence-corrected chi connectivity index (χ2v) is 6.87. The molecule has 0 heterocycles. The average molecular weight is 194 g/mol. The zero-order valence-electron chi connectivity index (χ0n) is 10.4. The Kier molecular flexibility index (Phi) is 2.44. The van der Waals surface area contributed by atoms with Gasteiger partial charge in [-0.15, -0.1) is 0 Å². The molecule has 2 fully saturated rings. The molecule has 0 amide bonds. The molecule has 0 aromatic heterocycles. The number of hydrogen-bond donors (Lipinski definition) is 0. The lowest BCUT2D eigenvalue weighted by Gasteiger charge is -2.55. The van der Waals surface area contributed by atoms with Crippen LogP contribution in [0.1, 0.15) is 66.2 Å². The van der Waals surface area contributed by atoms with Crippen LogP contribution in [0.4, 0.5) is 0 Å². The van der Waals surface area contributed by atoms with E-state index in [0.29, 0.717) is 10.8 Å². The minimum atomic E-state index is 0.695. The molecule has 3 atom stereocenters. The number of fused-ring (bicyclic) bond motifs is 2. The Balaban J connectivity index is 2.24. The largest absolute Gasteiger partial charge is 0.0625 e. The van der Waals surface area contributed by atoms with Gasteiger partial charge >= 0.3 is 0 Å². The van der Waals surface area contributed by atoms with Gasteiger partial charge in [-0.25, -0.2) is 0 Å². The summed E-state index contributed by atoms with van der Waals surface area (Å²) in [6.45, 7) is 9.91. The zero-order valence-corrected chi connectivity index (χ0v) is 10.4. The average Bonchev–Trinajstić information content (AvgIpc) is 2.00. The predicted molar refractivity (Wildman–Crippen MR) is 62.2 cm³/mol. The van der Waals surface area contributed by atoms with Gasteiger partial charge in [0, 0.05) is 0 Å². The molecule has 0 spiro atoms. The fraction of sp³-hybridized carbons (Fsp3) is 1.00. The van der Waals surface area contributed by atoms with Crippen molar-refractivity contribution in [3.8, 4) is 0 Å². The van der Waals surface area contributed by atoms with Gasteiger partial charge in [-0.1, -0.05) is 34.1 Å². The van der Waals surface area contributed by atoms with E-state index in [2.05, 4.69) is 27.7 Å². The van der Waals surface area contributed by atoms with Crippen LogP contribution in [0.15, 0.2) is 0 Å². The smallest absolute Gasteiger partial charge is 0.0267 e. The fourth-order valence-corrected chi connectivity index (χ4v) is 4.58. The molecule has 0 heteroatoms. The zero-order chi connectivity index (χ0) is 10.4. The lowest BCUT2D eigenvalue weighted by atomic mass is 9.50. The van der Waals surface area contributed by atoms with Crippen LogP contribution in [-0.4, -0.2) is 0 Å². The first-order valence-corrected chi connectivity index (χ1v) is 6.46. The highest BCUT2D eigenvalue weighted by molar-refractivity contribution is 4.99. The Morgan fingerprint density at radius 2 is 1.86 bits per heavy atom. The predicted octanol–water partition coefficient (Wildman–Crippen LogP) is 4.64. The normalized spacial score (nSPS) is 48.2. The third kappa shape index (κ3) is 1.61. The van der Waals surface area contributed by atoms with Crippen LogP contribution in [-0.2, 0) is 0 Å². The van der Waals surface area contributed by atoms with Gasteiger partial charge in [0.2, 0.25) is 0 Å². The van der Waals surface area contributed by atoms with Crippen molar-refractivity contribution in [1.82, 2.24) is 0 Å². The molecule has 0 saturated heterocycles. The maximum atomic E-state index is 2.54. The van der Waals surface area contributed by atoms with Crippen LogP contribution < -0.4 is 0 Å². The third-order valence-corrected chi connectivity index (χ3v) is 5.05. The molecule has 0 aromatic carbocycles. The van der Waals surface area contributed by atoms with Crippen molar-refractivity contribution in [2.45, 2.75) is 66.2 Å². The second-order valence-electron chi connectivity index (χ2n) is 6.87. The maximum absolute atomic E-state index is 2.54. The van der Waals surface area contributed by atoms with Gasteiger partial charge in [-0.2, -0.15) is 0 Å². The Hall–Kier alpha value is 0. The van der Waals surface area contributed by atoms with Gasteiger partial charge in [-0.05, 0) is 54.8 Å². The molecular weight excluding hydrogens is 168 g/mol. The van der Waals surface area contributed by atoms with Gasteiger partial charge in [0.25, 0.3) is 0 Å². The van der Waals surface area contributed by atoms with Crippen LogP contribution in [0, 0.1) is 22.7 Å². The molecular formula is C14H26. The molecule has 2 saturated carbocycles. The molecule has 14 heavy (non-hydrogen) atoms. The van der Waals surface area contributed by atoms with Crippen molar-refractivity contribution in [2.75, 3.05) is 0 Å². The number of rotatable bonds is 1. The van der Waals surface area contributed by atoms with Crippen molar-refractivity contribution < 1.29 is 0 Å². The SMILES string of the molecule is CC1CC2(C)CCCC(C(C)C)(C1)C2. The highest BCUT2D eigenvalue weighted by Gasteiger charge is 2.48. The monoisotopic (exact) mass is 194 g/mol. The van der Waals surface area contributed by atoms with E-state index in [0.717, 1.165) is 11.8 Å². The summed E-state index contributed by atoms with van der Waals surface area (Å²) in [4.78, 5) is 0. The summed E-state index contributed by atoms with van der Waals surface area (Å²) < 4.78 is 0. The van der Waals surface area contributed by atoms with Crippen molar-refractivity contribution in [3.63, 3.8) is 0 Å². The minimum Gasteiger partial charge on any atom is -0.0625 e. The standard InChI is InChI=1S/C14H26/c1-11(2)14-7-5-6-13(4,10-14)8-12(3)9-14/h11-12H,5-10H2,1-4H3. The van der Waals surface area contributed by atoms with E-state index in [-0.39, 0.29) is 0 Å². The molecule has 3 unspecified atom stereocenters.